The lowest BCUT2D eigenvalue weighted by molar-refractivity contribution is -0.117. The van der Waals surface area contributed by atoms with Crippen LogP contribution in [-0.2, 0) is 14.9 Å². The number of halogens is 1. The van der Waals surface area contributed by atoms with Crippen molar-refractivity contribution in [1.29, 1.82) is 0 Å². The lowest BCUT2D eigenvalue weighted by Crippen LogP contribution is -2.44. The Labute approximate surface area is 83.0 Å². The van der Waals surface area contributed by atoms with E-state index >= 15 is 0 Å². The molecule has 1 saturated heterocycles. The van der Waals surface area contributed by atoms with Gasteiger partial charge in [0.05, 0.1) is 13.2 Å². The van der Waals surface area contributed by atoms with Crippen LogP contribution in [0.2, 0.25) is 0 Å². The fourth-order valence-corrected chi connectivity index (χ4v) is 2.19. The molecule has 0 aromatic carbocycles. The topological polar surface area (TPSA) is 63.6 Å². The van der Waals surface area contributed by atoms with Crippen molar-refractivity contribution >= 4 is 21.7 Å². The summed E-state index contributed by atoms with van der Waals surface area (Å²) < 4.78 is 33.8. The molecule has 78 valence electrons. The van der Waals surface area contributed by atoms with Crippen LogP contribution in [0.1, 0.15) is 19.8 Å². The molecule has 0 amide bonds. The molecule has 0 saturated carbocycles. The zero-order valence-corrected chi connectivity index (χ0v) is 8.94. The first-order valence-electron chi connectivity index (χ1n) is 4.08. The minimum absolute atomic E-state index is 0.151. The molecule has 0 spiro atoms. The molecule has 1 unspecified atom stereocenters. The maximum absolute atomic E-state index is 10.6. The summed E-state index contributed by atoms with van der Waals surface area (Å²) in [7, 11) is -4.11. The van der Waals surface area contributed by atoms with E-state index in [1.165, 1.54) is 0 Å². The van der Waals surface area contributed by atoms with Gasteiger partial charge < -0.3 is 4.74 Å². The SMILES string of the molecule is CCC1(CC(Cl)S(=O)(=O)O)COC1. The smallest absolute Gasteiger partial charge is 0.281 e. The summed E-state index contributed by atoms with van der Waals surface area (Å²) in [5.41, 5.74) is -0.151. The highest BCUT2D eigenvalue weighted by Gasteiger charge is 2.41. The second-order valence-corrected chi connectivity index (χ2v) is 5.86. The van der Waals surface area contributed by atoms with Gasteiger partial charge in [0.2, 0.25) is 0 Å². The van der Waals surface area contributed by atoms with E-state index < -0.39 is 14.8 Å². The van der Waals surface area contributed by atoms with Crippen LogP contribution in [0.3, 0.4) is 0 Å². The van der Waals surface area contributed by atoms with Gasteiger partial charge in [-0.05, 0) is 12.8 Å². The summed E-state index contributed by atoms with van der Waals surface area (Å²) in [6, 6.07) is 0. The zero-order valence-electron chi connectivity index (χ0n) is 7.36. The minimum Gasteiger partial charge on any atom is -0.380 e. The van der Waals surface area contributed by atoms with Gasteiger partial charge in [-0.1, -0.05) is 6.92 Å². The lowest BCUT2D eigenvalue weighted by atomic mass is 9.81. The molecule has 1 atom stereocenters. The van der Waals surface area contributed by atoms with E-state index in [1.54, 1.807) is 0 Å². The van der Waals surface area contributed by atoms with Crippen LogP contribution < -0.4 is 0 Å². The Morgan fingerprint density at radius 3 is 2.38 bits per heavy atom. The first-order valence-corrected chi connectivity index (χ1v) is 6.02. The summed E-state index contributed by atoms with van der Waals surface area (Å²) in [5.74, 6) is 0. The molecule has 6 heteroatoms. The van der Waals surface area contributed by atoms with Crippen LogP contribution >= 0.6 is 11.6 Å². The van der Waals surface area contributed by atoms with Crippen molar-refractivity contribution in [2.24, 2.45) is 5.41 Å². The van der Waals surface area contributed by atoms with E-state index in [9.17, 15) is 8.42 Å². The molecule has 1 heterocycles. The lowest BCUT2D eigenvalue weighted by Gasteiger charge is -2.41. The van der Waals surface area contributed by atoms with Gasteiger partial charge in [-0.3, -0.25) is 4.55 Å². The highest BCUT2D eigenvalue weighted by atomic mass is 35.5. The van der Waals surface area contributed by atoms with E-state index in [-0.39, 0.29) is 11.8 Å². The molecule has 1 rings (SSSR count). The first kappa shape index (κ1) is 11.2. The summed E-state index contributed by atoms with van der Waals surface area (Å²) in [6.45, 7) is 3.01. The van der Waals surface area contributed by atoms with Gasteiger partial charge in [0.1, 0.15) is 0 Å². The third kappa shape index (κ3) is 2.56. The summed E-state index contributed by atoms with van der Waals surface area (Å²) in [4.78, 5) is 0. The van der Waals surface area contributed by atoms with E-state index in [0.717, 1.165) is 6.42 Å². The Balaban J connectivity index is 2.57. The first-order chi connectivity index (χ1) is 5.90. The van der Waals surface area contributed by atoms with Gasteiger partial charge >= 0.3 is 0 Å². The number of rotatable bonds is 4. The standard InChI is InChI=1S/C7H13ClO4S/c1-2-7(4-12-5-7)3-6(8)13(9,10)11/h6H,2-5H2,1H3,(H,9,10,11). The molecular weight excluding hydrogens is 216 g/mol. The van der Waals surface area contributed by atoms with Gasteiger partial charge in [-0.15, -0.1) is 11.6 Å². The Bertz CT molecular complexity index is 265. The molecular formula is C7H13ClO4S. The van der Waals surface area contributed by atoms with Crippen LogP contribution in [0.5, 0.6) is 0 Å². The minimum atomic E-state index is -4.11. The van der Waals surface area contributed by atoms with Gasteiger partial charge in [0.25, 0.3) is 10.1 Å². The van der Waals surface area contributed by atoms with Gasteiger partial charge in [0.15, 0.2) is 4.71 Å². The van der Waals surface area contributed by atoms with Crippen molar-refractivity contribution in [2.45, 2.75) is 24.5 Å². The normalized spacial score (nSPS) is 23.6. The monoisotopic (exact) mass is 228 g/mol. The Hall–Kier alpha value is 0.160. The van der Waals surface area contributed by atoms with Gasteiger partial charge in [-0.2, -0.15) is 8.42 Å². The van der Waals surface area contributed by atoms with Crippen LogP contribution in [0.4, 0.5) is 0 Å². The van der Waals surface area contributed by atoms with Crippen molar-refractivity contribution in [3.63, 3.8) is 0 Å². The van der Waals surface area contributed by atoms with Crippen molar-refractivity contribution in [1.82, 2.24) is 0 Å². The van der Waals surface area contributed by atoms with Crippen molar-refractivity contribution in [2.75, 3.05) is 13.2 Å². The van der Waals surface area contributed by atoms with Crippen LogP contribution in [0, 0.1) is 5.41 Å². The Morgan fingerprint density at radius 1 is 1.62 bits per heavy atom. The fraction of sp³-hybridized carbons (Fsp3) is 1.00. The van der Waals surface area contributed by atoms with Crippen LogP contribution in [0.15, 0.2) is 0 Å². The predicted octanol–water partition coefficient (Wildman–Crippen LogP) is 1.26. The number of alkyl halides is 1. The molecule has 1 aliphatic heterocycles. The third-order valence-electron chi connectivity index (χ3n) is 2.48. The number of hydrogen-bond acceptors (Lipinski definition) is 3. The van der Waals surface area contributed by atoms with E-state index in [0.29, 0.717) is 13.2 Å². The highest BCUT2D eigenvalue weighted by Crippen LogP contribution is 2.38. The average Bonchev–Trinajstić information content (AvgIpc) is 1.94. The summed E-state index contributed by atoms with van der Waals surface area (Å²) >= 11 is 5.54. The largest absolute Gasteiger partial charge is 0.380 e. The molecule has 1 N–H and O–H groups in total. The average molecular weight is 229 g/mol. The number of hydrogen-bond donors (Lipinski definition) is 1. The Morgan fingerprint density at radius 2 is 2.15 bits per heavy atom. The van der Waals surface area contributed by atoms with Gasteiger partial charge in [0, 0.05) is 5.41 Å². The predicted molar refractivity (Wildman–Crippen MR) is 49.3 cm³/mol. The second-order valence-electron chi connectivity index (χ2n) is 3.48. The molecule has 0 aromatic heterocycles. The molecule has 0 radical (unpaired) electrons. The molecule has 0 aromatic rings. The third-order valence-corrected chi connectivity index (χ3v) is 4.13. The number of ether oxygens (including phenoxy) is 1. The van der Waals surface area contributed by atoms with E-state index in [2.05, 4.69) is 0 Å². The van der Waals surface area contributed by atoms with Crippen molar-refractivity contribution in [3.8, 4) is 0 Å². The Kier molecular flexibility index (Phi) is 3.22. The van der Waals surface area contributed by atoms with E-state index in [4.69, 9.17) is 20.9 Å². The van der Waals surface area contributed by atoms with Crippen molar-refractivity contribution in [3.05, 3.63) is 0 Å². The highest BCUT2D eigenvalue weighted by molar-refractivity contribution is 7.87. The maximum Gasteiger partial charge on any atom is 0.281 e. The molecule has 1 fully saturated rings. The molecule has 4 nitrogen and oxygen atoms in total. The molecule has 1 aliphatic rings. The summed E-state index contributed by atoms with van der Waals surface area (Å²) in [6.07, 6.45) is 1.07. The van der Waals surface area contributed by atoms with Crippen molar-refractivity contribution < 1.29 is 17.7 Å². The zero-order chi connectivity index (χ0) is 10.1. The molecule has 0 bridgehead atoms. The fourth-order valence-electron chi connectivity index (χ4n) is 1.30. The van der Waals surface area contributed by atoms with E-state index in [1.807, 2.05) is 6.92 Å². The molecule has 13 heavy (non-hydrogen) atoms. The molecule has 0 aliphatic carbocycles. The van der Waals surface area contributed by atoms with Gasteiger partial charge in [-0.25, -0.2) is 0 Å². The summed E-state index contributed by atoms with van der Waals surface area (Å²) in [5, 5.41) is 0. The van der Waals surface area contributed by atoms with Crippen LogP contribution in [-0.4, -0.2) is 30.9 Å². The van der Waals surface area contributed by atoms with Crippen LogP contribution in [0.25, 0.3) is 0 Å². The quantitative estimate of drug-likeness (QED) is 0.581. The maximum atomic E-state index is 10.6. The second kappa shape index (κ2) is 3.73.